The van der Waals surface area contributed by atoms with Crippen LogP contribution >= 0.6 is 39.4 Å². The molecule has 0 radical (unpaired) electrons. The molecule has 0 unspecified atom stereocenters. The molecule has 14 nitrogen and oxygen atoms in total. The molecule has 8 N–H and O–H groups in total. The van der Waals surface area contributed by atoms with Crippen LogP contribution < -0.4 is 0 Å². The van der Waals surface area contributed by atoms with Gasteiger partial charge in [-0.1, -0.05) is 15.9 Å². The molecule has 1 saturated carbocycles. The van der Waals surface area contributed by atoms with Gasteiger partial charge in [0.2, 0.25) is 0 Å². The van der Waals surface area contributed by atoms with Crippen molar-refractivity contribution in [2.24, 2.45) is 0 Å². The fourth-order valence-corrected chi connectivity index (χ4v) is 4.55. The van der Waals surface area contributed by atoms with E-state index in [1.54, 1.807) is 0 Å². The molecule has 1 aliphatic rings. The Kier molecular flexibility index (Phi) is 7.37. The van der Waals surface area contributed by atoms with Crippen molar-refractivity contribution in [2.75, 3.05) is 0 Å². The topological polar surface area (TPSA) is 241 Å². The van der Waals surface area contributed by atoms with E-state index in [9.17, 15) is 23.9 Å². The first-order valence-electron chi connectivity index (χ1n) is 5.74. The van der Waals surface area contributed by atoms with Crippen molar-refractivity contribution in [1.82, 2.24) is 0 Å². The van der Waals surface area contributed by atoms with E-state index in [0.29, 0.717) is 0 Å². The van der Waals surface area contributed by atoms with Gasteiger partial charge in [-0.3, -0.25) is 13.6 Å². The quantitative estimate of drug-likeness (QED) is 0.149. The number of rotatable bonds is 6. The summed E-state index contributed by atoms with van der Waals surface area (Å²) in [4.78, 5) is 51.3. The van der Waals surface area contributed by atoms with Gasteiger partial charge in [0.15, 0.2) is 0 Å². The van der Waals surface area contributed by atoms with E-state index in [1.165, 1.54) is 0 Å². The van der Waals surface area contributed by atoms with Gasteiger partial charge in [-0.2, -0.15) is 0 Å². The van der Waals surface area contributed by atoms with Crippen molar-refractivity contribution < 1.29 is 66.8 Å². The predicted octanol–water partition coefficient (Wildman–Crippen LogP) is -2.08. The van der Waals surface area contributed by atoms with Crippen molar-refractivity contribution in [3.63, 3.8) is 0 Å². The molecule has 0 aromatic carbocycles. The third-order valence-corrected chi connectivity index (χ3v) is 5.37. The smallest absolute Gasteiger partial charge is 0.389 e. The van der Waals surface area contributed by atoms with Gasteiger partial charge < -0.3 is 39.6 Å². The highest BCUT2D eigenvalue weighted by atomic mass is 79.9. The van der Waals surface area contributed by atoms with E-state index in [0.717, 1.165) is 0 Å². The summed E-state index contributed by atoms with van der Waals surface area (Å²) in [6, 6.07) is 0. The summed E-state index contributed by atoms with van der Waals surface area (Å²) in [5, 5.41) is 19.9. The Hall–Kier alpha value is 0.730. The molecule has 0 bridgehead atoms. The second-order valence-corrected chi connectivity index (χ2v) is 9.24. The number of hydrogen-bond acceptors (Lipinski definition) is 8. The first-order chi connectivity index (χ1) is 10.5. The lowest BCUT2D eigenvalue weighted by molar-refractivity contribution is -0.161. The molecule has 1 fully saturated rings. The molecule has 0 heterocycles. The van der Waals surface area contributed by atoms with Crippen molar-refractivity contribution in [1.29, 1.82) is 0 Å². The van der Waals surface area contributed by atoms with E-state index in [-0.39, 0.29) is 0 Å². The number of phosphoric acid groups is 3. The molecule has 1 rings (SSSR count). The first-order valence-corrected chi connectivity index (χ1v) is 11.2. The van der Waals surface area contributed by atoms with Crippen LogP contribution in [0.15, 0.2) is 0 Å². The molecule has 144 valence electrons. The highest BCUT2D eigenvalue weighted by Crippen LogP contribution is 2.50. The van der Waals surface area contributed by atoms with Crippen LogP contribution in [0, 0.1) is 0 Å². The Morgan fingerprint density at radius 2 is 0.958 bits per heavy atom. The minimum Gasteiger partial charge on any atom is -0.389 e. The van der Waals surface area contributed by atoms with Crippen LogP contribution in [0.2, 0.25) is 0 Å². The minimum atomic E-state index is -5.34. The average Bonchev–Trinajstić information content (AvgIpc) is 2.32. The van der Waals surface area contributed by atoms with Crippen LogP contribution in [-0.2, 0) is 27.3 Å². The molecule has 0 spiro atoms. The fraction of sp³-hybridized carbons (Fsp3) is 1.00. The summed E-state index contributed by atoms with van der Waals surface area (Å²) in [7, 11) is -15.9. The summed E-state index contributed by atoms with van der Waals surface area (Å²) in [6.45, 7) is 0. The van der Waals surface area contributed by atoms with Crippen LogP contribution in [-0.4, -0.2) is 74.9 Å². The molecule has 0 aromatic heterocycles. The summed E-state index contributed by atoms with van der Waals surface area (Å²) >= 11 is 2.70. The monoisotopic (exact) mass is 482 g/mol. The van der Waals surface area contributed by atoms with Crippen molar-refractivity contribution in [2.45, 2.75) is 35.3 Å². The Labute approximate surface area is 142 Å². The van der Waals surface area contributed by atoms with Crippen LogP contribution in [0.1, 0.15) is 0 Å². The number of alkyl halides is 1. The average molecular weight is 483 g/mol. The van der Waals surface area contributed by atoms with Gasteiger partial charge in [0.1, 0.15) is 24.4 Å². The van der Waals surface area contributed by atoms with E-state index in [1.807, 2.05) is 0 Å². The number of hydrogen-bond donors (Lipinski definition) is 8. The normalized spacial score (nSPS) is 35.9. The number of halogens is 1. The maximum Gasteiger partial charge on any atom is 0.470 e. The Morgan fingerprint density at radius 1 is 0.625 bits per heavy atom. The second-order valence-electron chi connectivity index (χ2n) is 4.61. The molecule has 18 heteroatoms. The zero-order chi connectivity index (χ0) is 19.1. The second kappa shape index (κ2) is 7.77. The number of aliphatic hydroxyl groups is 2. The van der Waals surface area contributed by atoms with Crippen LogP contribution in [0.5, 0.6) is 0 Å². The first kappa shape index (κ1) is 22.8. The summed E-state index contributed by atoms with van der Waals surface area (Å²) in [6.07, 6.45) is -10.7. The Morgan fingerprint density at radius 3 is 1.33 bits per heavy atom. The van der Waals surface area contributed by atoms with Gasteiger partial charge in [-0.15, -0.1) is 0 Å². The molecule has 1 aliphatic carbocycles. The fourth-order valence-electron chi connectivity index (χ4n) is 1.98. The van der Waals surface area contributed by atoms with Gasteiger partial charge in [0.25, 0.3) is 0 Å². The number of phosphoric ester groups is 3. The maximum absolute atomic E-state index is 11.0. The van der Waals surface area contributed by atoms with Crippen molar-refractivity contribution in [3.05, 3.63) is 0 Å². The van der Waals surface area contributed by atoms with E-state index in [4.69, 9.17) is 29.4 Å². The van der Waals surface area contributed by atoms with Crippen molar-refractivity contribution >= 4 is 39.4 Å². The molecule has 0 amide bonds. The van der Waals surface area contributed by atoms with Gasteiger partial charge >= 0.3 is 23.5 Å². The molecule has 24 heavy (non-hydrogen) atoms. The highest BCUT2D eigenvalue weighted by molar-refractivity contribution is 9.09. The molecular weight excluding hydrogens is 469 g/mol. The largest absolute Gasteiger partial charge is 0.470 e. The van der Waals surface area contributed by atoms with Gasteiger partial charge in [0.05, 0.1) is 10.9 Å². The lowest BCUT2D eigenvalue weighted by Gasteiger charge is -2.44. The Balaban J connectivity index is 3.23. The SMILES string of the molecule is O=P(O)(O)O[C@@H]1[C@H](O)[C@H](Br)[C@@H](OP(=O)(O)O)[C@H](OP(=O)(O)O)[C@H]1O. The van der Waals surface area contributed by atoms with Crippen molar-refractivity contribution in [3.8, 4) is 0 Å². The third-order valence-electron chi connectivity index (χ3n) is 2.75. The summed E-state index contributed by atoms with van der Waals surface area (Å²) in [5.74, 6) is 0. The predicted molar refractivity (Wildman–Crippen MR) is 75.5 cm³/mol. The third kappa shape index (κ3) is 6.80. The van der Waals surface area contributed by atoms with Gasteiger partial charge in [-0.25, -0.2) is 13.7 Å². The zero-order valence-corrected chi connectivity index (χ0v) is 15.5. The minimum absolute atomic E-state index is 1.60. The molecule has 0 aliphatic heterocycles. The summed E-state index contributed by atoms with van der Waals surface area (Å²) < 4.78 is 45.4. The molecule has 0 aromatic rings. The van der Waals surface area contributed by atoms with Gasteiger partial charge in [-0.05, 0) is 0 Å². The standard InChI is InChI=1S/C6H14BrO14P3/c7-1-2(8)5(20-23(13,14)15)3(9)6(21-24(16,17)18)4(1)19-22(10,11)12/h1-6,8-9H,(H2,10,11,12)(H2,13,14,15)(H2,16,17,18)/t1-,2+,3-,4+,5+,6+/m0/s1. The summed E-state index contributed by atoms with van der Waals surface area (Å²) in [5.41, 5.74) is 0. The van der Waals surface area contributed by atoms with E-state index >= 15 is 0 Å². The zero-order valence-electron chi connectivity index (χ0n) is 11.2. The molecular formula is C6H14BrO14P3. The van der Waals surface area contributed by atoms with Gasteiger partial charge in [0, 0.05) is 0 Å². The number of aliphatic hydroxyl groups excluding tert-OH is 2. The molecule has 0 saturated heterocycles. The van der Waals surface area contributed by atoms with E-state index < -0.39 is 58.8 Å². The van der Waals surface area contributed by atoms with E-state index in [2.05, 4.69) is 29.5 Å². The lowest BCUT2D eigenvalue weighted by Crippen LogP contribution is -2.63. The highest BCUT2D eigenvalue weighted by Gasteiger charge is 2.55. The van der Waals surface area contributed by atoms with Crippen LogP contribution in [0.3, 0.4) is 0 Å². The van der Waals surface area contributed by atoms with Crippen LogP contribution in [0.4, 0.5) is 0 Å². The van der Waals surface area contributed by atoms with Crippen LogP contribution in [0.25, 0.3) is 0 Å². The molecule has 6 atom stereocenters. The Bertz CT molecular complexity index is 579. The lowest BCUT2D eigenvalue weighted by atomic mass is 9.87. The maximum atomic E-state index is 11.0.